The molecule has 0 spiro atoms. The average Bonchev–Trinajstić information content (AvgIpc) is 3.38. The van der Waals surface area contributed by atoms with E-state index in [1.165, 1.54) is 6.33 Å². The van der Waals surface area contributed by atoms with E-state index in [1.54, 1.807) is 17.4 Å². The zero-order valence-corrected chi connectivity index (χ0v) is 13.7. The Balaban J connectivity index is 1.54. The van der Waals surface area contributed by atoms with Crippen molar-refractivity contribution in [3.63, 3.8) is 0 Å². The predicted octanol–water partition coefficient (Wildman–Crippen LogP) is 2.76. The summed E-state index contributed by atoms with van der Waals surface area (Å²) in [4.78, 5) is 21.3. The number of anilines is 1. The first kappa shape index (κ1) is 15.2. The van der Waals surface area contributed by atoms with Crippen LogP contribution in [0.2, 0.25) is 0 Å². The highest BCUT2D eigenvalue weighted by atomic mass is 32.1. The number of nitrogens with zero attached hydrogens (tertiary/aromatic N) is 4. The third-order valence-electron chi connectivity index (χ3n) is 3.45. The summed E-state index contributed by atoms with van der Waals surface area (Å²) in [7, 11) is 0. The standard InChI is InChI=1S/C16H12N6O2S/c23-16(15-17-9-18-21-15)19-11-5-2-1-4-10(11)8-13-20-14(22-24-13)12-6-3-7-25-12/h1-7,9H,8H2,(H,19,23)(H,17,18,21). The van der Waals surface area contributed by atoms with Gasteiger partial charge >= 0.3 is 0 Å². The van der Waals surface area contributed by atoms with Crippen LogP contribution in [0, 0.1) is 0 Å². The molecule has 0 saturated heterocycles. The number of aromatic amines is 1. The number of H-pyrrole nitrogens is 1. The van der Waals surface area contributed by atoms with Crippen LogP contribution in [-0.4, -0.2) is 31.2 Å². The summed E-state index contributed by atoms with van der Waals surface area (Å²) in [6.45, 7) is 0. The Morgan fingerprint density at radius 3 is 2.96 bits per heavy atom. The second-order valence-electron chi connectivity index (χ2n) is 5.11. The molecule has 0 aliphatic carbocycles. The van der Waals surface area contributed by atoms with E-state index >= 15 is 0 Å². The summed E-state index contributed by atoms with van der Waals surface area (Å²) >= 11 is 1.55. The fourth-order valence-electron chi connectivity index (χ4n) is 2.29. The van der Waals surface area contributed by atoms with Crippen molar-refractivity contribution in [2.75, 3.05) is 5.32 Å². The molecule has 3 heterocycles. The third-order valence-corrected chi connectivity index (χ3v) is 4.31. The van der Waals surface area contributed by atoms with Crippen LogP contribution < -0.4 is 5.32 Å². The lowest BCUT2D eigenvalue weighted by Gasteiger charge is -2.08. The Hall–Kier alpha value is -3.33. The second-order valence-corrected chi connectivity index (χ2v) is 6.06. The summed E-state index contributed by atoms with van der Waals surface area (Å²) in [6.07, 6.45) is 1.69. The molecule has 0 aliphatic rings. The van der Waals surface area contributed by atoms with Gasteiger partial charge in [-0.05, 0) is 23.1 Å². The number of nitrogens with one attached hydrogen (secondary N) is 2. The lowest BCUT2D eigenvalue weighted by atomic mass is 10.1. The molecule has 3 aromatic heterocycles. The fourth-order valence-corrected chi connectivity index (χ4v) is 2.94. The van der Waals surface area contributed by atoms with Crippen LogP contribution in [0.4, 0.5) is 5.69 Å². The van der Waals surface area contributed by atoms with Crippen molar-refractivity contribution >= 4 is 22.9 Å². The van der Waals surface area contributed by atoms with Crippen LogP contribution >= 0.6 is 11.3 Å². The molecule has 0 fully saturated rings. The van der Waals surface area contributed by atoms with Gasteiger partial charge in [0.05, 0.1) is 11.3 Å². The molecular weight excluding hydrogens is 340 g/mol. The van der Waals surface area contributed by atoms with Gasteiger partial charge in [0, 0.05) is 5.69 Å². The summed E-state index contributed by atoms with van der Waals surface area (Å²) in [5.74, 6) is 0.820. The van der Waals surface area contributed by atoms with Crippen molar-refractivity contribution in [3.05, 3.63) is 65.4 Å². The Kier molecular flexibility index (Phi) is 4.05. The van der Waals surface area contributed by atoms with Crippen molar-refractivity contribution in [2.24, 2.45) is 0 Å². The molecule has 0 unspecified atom stereocenters. The first-order chi connectivity index (χ1) is 12.3. The molecular formula is C16H12N6O2S. The van der Waals surface area contributed by atoms with Crippen molar-refractivity contribution in [1.29, 1.82) is 0 Å². The highest BCUT2D eigenvalue weighted by Gasteiger charge is 2.14. The van der Waals surface area contributed by atoms with E-state index in [0.717, 1.165) is 10.4 Å². The predicted molar refractivity (Wildman–Crippen MR) is 91.2 cm³/mol. The topological polar surface area (TPSA) is 110 Å². The quantitative estimate of drug-likeness (QED) is 0.571. The number of rotatable bonds is 5. The minimum absolute atomic E-state index is 0.146. The molecule has 1 amide bonds. The van der Waals surface area contributed by atoms with Gasteiger partial charge in [-0.3, -0.25) is 9.89 Å². The molecule has 4 rings (SSSR count). The monoisotopic (exact) mass is 352 g/mol. The Labute approximate surface area is 145 Å². The summed E-state index contributed by atoms with van der Waals surface area (Å²) in [5, 5.41) is 15.0. The number of hydrogen-bond acceptors (Lipinski definition) is 7. The van der Waals surface area contributed by atoms with E-state index in [2.05, 4.69) is 30.6 Å². The molecule has 0 aliphatic heterocycles. The average molecular weight is 352 g/mol. The normalized spacial score (nSPS) is 10.7. The molecule has 124 valence electrons. The maximum Gasteiger partial charge on any atom is 0.292 e. The van der Waals surface area contributed by atoms with Gasteiger partial charge in [-0.2, -0.15) is 10.1 Å². The maximum atomic E-state index is 12.1. The molecule has 9 heteroatoms. The maximum absolute atomic E-state index is 12.1. The molecule has 1 aromatic carbocycles. The van der Waals surface area contributed by atoms with Crippen LogP contribution in [0.25, 0.3) is 10.7 Å². The van der Waals surface area contributed by atoms with Gasteiger partial charge in [0.1, 0.15) is 6.33 Å². The molecule has 25 heavy (non-hydrogen) atoms. The number of benzene rings is 1. The zero-order valence-electron chi connectivity index (χ0n) is 12.8. The number of thiophene rings is 1. The van der Waals surface area contributed by atoms with E-state index in [0.29, 0.717) is 23.8 Å². The molecule has 8 nitrogen and oxygen atoms in total. The molecule has 0 atom stereocenters. The van der Waals surface area contributed by atoms with Crippen LogP contribution in [0.1, 0.15) is 22.1 Å². The van der Waals surface area contributed by atoms with Crippen LogP contribution in [0.5, 0.6) is 0 Å². The van der Waals surface area contributed by atoms with Gasteiger partial charge in [0.25, 0.3) is 5.91 Å². The largest absolute Gasteiger partial charge is 0.339 e. The Bertz CT molecular complexity index is 978. The molecule has 0 saturated carbocycles. The minimum atomic E-state index is -0.366. The van der Waals surface area contributed by atoms with Gasteiger partial charge in [-0.15, -0.1) is 11.3 Å². The van der Waals surface area contributed by atoms with E-state index in [-0.39, 0.29) is 11.7 Å². The van der Waals surface area contributed by atoms with E-state index in [9.17, 15) is 4.79 Å². The lowest BCUT2D eigenvalue weighted by Crippen LogP contribution is -2.15. The number of amides is 1. The summed E-state index contributed by atoms with van der Waals surface area (Å²) < 4.78 is 5.33. The van der Waals surface area contributed by atoms with Crippen molar-refractivity contribution < 1.29 is 9.32 Å². The van der Waals surface area contributed by atoms with E-state index in [4.69, 9.17) is 4.52 Å². The van der Waals surface area contributed by atoms with E-state index in [1.807, 2.05) is 35.7 Å². The molecule has 0 radical (unpaired) electrons. The van der Waals surface area contributed by atoms with Gasteiger partial charge in [-0.25, -0.2) is 4.98 Å². The Morgan fingerprint density at radius 2 is 2.16 bits per heavy atom. The van der Waals surface area contributed by atoms with Gasteiger partial charge in [0.15, 0.2) is 0 Å². The fraction of sp³-hybridized carbons (Fsp3) is 0.0625. The Morgan fingerprint density at radius 1 is 1.24 bits per heavy atom. The highest BCUT2D eigenvalue weighted by Crippen LogP contribution is 2.23. The van der Waals surface area contributed by atoms with Crippen LogP contribution in [0.3, 0.4) is 0 Å². The van der Waals surface area contributed by atoms with Crippen molar-refractivity contribution in [3.8, 4) is 10.7 Å². The van der Waals surface area contributed by atoms with Crippen molar-refractivity contribution in [1.82, 2.24) is 25.3 Å². The van der Waals surface area contributed by atoms with Crippen molar-refractivity contribution in [2.45, 2.75) is 6.42 Å². The first-order valence-electron chi connectivity index (χ1n) is 7.40. The summed E-state index contributed by atoms with van der Waals surface area (Å²) in [6, 6.07) is 11.3. The minimum Gasteiger partial charge on any atom is -0.339 e. The molecule has 4 aromatic rings. The number of aromatic nitrogens is 5. The first-order valence-corrected chi connectivity index (χ1v) is 8.28. The smallest absolute Gasteiger partial charge is 0.292 e. The number of carbonyl (C=O) groups excluding carboxylic acids is 1. The number of para-hydroxylation sites is 1. The zero-order chi connectivity index (χ0) is 17.1. The van der Waals surface area contributed by atoms with Crippen LogP contribution in [0.15, 0.2) is 52.6 Å². The third kappa shape index (κ3) is 3.31. The van der Waals surface area contributed by atoms with Gasteiger partial charge < -0.3 is 9.84 Å². The van der Waals surface area contributed by atoms with Crippen LogP contribution in [-0.2, 0) is 6.42 Å². The summed E-state index contributed by atoms with van der Waals surface area (Å²) in [5.41, 5.74) is 1.51. The SMILES string of the molecule is O=C(Nc1ccccc1Cc1nc(-c2cccs2)no1)c1ncn[nH]1. The highest BCUT2D eigenvalue weighted by molar-refractivity contribution is 7.13. The molecule has 2 N–H and O–H groups in total. The lowest BCUT2D eigenvalue weighted by molar-refractivity contribution is 0.101. The van der Waals surface area contributed by atoms with Gasteiger partial charge in [0.2, 0.25) is 17.5 Å². The van der Waals surface area contributed by atoms with Gasteiger partial charge in [-0.1, -0.05) is 29.4 Å². The molecule has 0 bridgehead atoms. The van der Waals surface area contributed by atoms with E-state index < -0.39 is 0 Å². The number of hydrogen-bond donors (Lipinski definition) is 2. The number of carbonyl (C=O) groups is 1. The second kappa shape index (κ2) is 6.65.